The summed E-state index contributed by atoms with van der Waals surface area (Å²) in [6.45, 7) is 3.47. The molecule has 0 fully saturated rings. The molecule has 0 unspecified atom stereocenters. The summed E-state index contributed by atoms with van der Waals surface area (Å²) in [6.07, 6.45) is 4.97. The van der Waals surface area contributed by atoms with E-state index in [9.17, 15) is 4.79 Å². The molecule has 1 aliphatic rings. The van der Waals surface area contributed by atoms with E-state index < -0.39 is 0 Å². The molecule has 78 valence electrons. The van der Waals surface area contributed by atoms with Gasteiger partial charge in [-0.1, -0.05) is 19.8 Å². The van der Waals surface area contributed by atoms with Crippen molar-refractivity contribution in [2.24, 2.45) is 9.98 Å². The van der Waals surface area contributed by atoms with Crippen LogP contribution >= 0.6 is 0 Å². The summed E-state index contributed by atoms with van der Waals surface area (Å²) in [7, 11) is 0. The van der Waals surface area contributed by atoms with Crippen molar-refractivity contribution in [1.82, 2.24) is 10.6 Å². The van der Waals surface area contributed by atoms with E-state index in [4.69, 9.17) is 0 Å². The van der Waals surface area contributed by atoms with Crippen LogP contribution in [0.4, 0.5) is 4.79 Å². The number of urea groups is 1. The smallest absolute Gasteiger partial charge is 0.344 e. The number of hydrogen-bond acceptors (Lipinski definition) is 1. The lowest BCUT2D eigenvalue weighted by atomic mass is 10.2. The van der Waals surface area contributed by atoms with Gasteiger partial charge in [0.2, 0.25) is 5.96 Å². The minimum atomic E-state index is -0.317. The molecule has 5 heteroatoms. The molecule has 1 aliphatic heterocycles. The van der Waals surface area contributed by atoms with Gasteiger partial charge in [-0.05, 0) is 6.42 Å². The molecular formula is C9H16N4O. The predicted octanol–water partition coefficient (Wildman–Crippen LogP) is 0.916. The number of nitrogens with zero attached hydrogens (tertiary/aromatic N) is 2. The van der Waals surface area contributed by atoms with Gasteiger partial charge < -0.3 is 10.6 Å². The standard InChI is InChI=1S/C9H16N4O/c1-2-3-4-5-12-9(14)13-8-10-6-7-11-8/h6H,2-5,7H2,1H3,(H2,11,12,13,14). The SMILES string of the molecule is CCCCCNC(=O)N=C1N=CCN1. The zero-order valence-electron chi connectivity index (χ0n) is 8.42. The largest absolute Gasteiger partial charge is 0.349 e. The molecule has 0 bridgehead atoms. The van der Waals surface area contributed by atoms with Gasteiger partial charge in [0, 0.05) is 12.8 Å². The molecule has 0 spiro atoms. The lowest BCUT2D eigenvalue weighted by Gasteiger charge is -2.00. The molecule has 0 aromatic rings. The number of unbranched alkanes of at least 4 members (excludes halogenated alkanes) is 2. The van der Waals surface area contributed by atoms with Crippen molar-refractivity contribution in [1.29, 1.82) is 0 Å². The first-order valence-corrected chi connectivity index (χ1v) is 4.96. The Morgan fingerprint density at radius 3 is 3.21 bits per heavy atom. The van der Waals surface area contributed by atoms with E-state index in [-0.39, 0.29) is 6.03 Å². The van der Waals surface area contributed by atoms with E-state index in [0.717, 1.165) is 19.3 Å². The Balaban J connectivity index is 2.15. The number of hydrogen-bond donors (Lipinski definition) is 2. The average molecular weight is 196 g/mol. The maximum Gasteiger partial charge on any atom is 0.344 e. The van der Waals surface area contributed by atoms with Crippen LogP contribution in [-0.2, 0) is 0 Å². The van der Waals surface area contributed by atoms with Crippen molar-refractivity contribution >= 4 is 18.2 Å². The molecular weight excluding hydrogens is 180 g/mol. The van der Waals surface area contributed by atoms with Crippen LogP contribution in [0, 0.1) is 0 Å². The second-order valence-electron chi connectivity index (χ2n) is 3.07. The Kier molecular flexibility index (Phi) is 4.68. The zero-order chi connectivity index (χ0) is 10.2. The number of carbonyl (C=O) groups is 1. The molecule has 0 atom stereocenters. The third-order valence-corrected chi connectivity index (χ3v) is 1.83. The predicted molar refractivity (Wildman–Crippen MR) is 56.9 cm³/mol. The van der Waals surface area contributed by atoms with E-state index >= 15 is 0 Å². The van der Waals surface area contributed by atoms with Gasteiger partial charge in [-0.15, -0.1) is 0 Å². The van der Waals surface area contributed by atoms with Crippen LogP contribution < -0.4 is 10.6 Å². The number of aliphatic imine (C=N–C) groups is 2. The van der Waals surface area contributed by atoms with Crippen molar-refractivity contribution in [2.75, 3.05) is 13.1 Å². The molecule has 14 heavy (non-hydrogen) atoms. The minimum absolute atomic E-state index is 0.317. The molecule has 5 nitrogen and oxygen atoms in total. The topological polar surface area (TPSA) is 65.8 Å². The first kappa shape index (κ1) is 10.7. The number of amides is 2. The van der Waals surface area contributed by atoms with Crippen molar-refractivity contribution in [2.45, 2.75) is 26.2 Å². The second-order valence-corrected chi connectivity index (χ2v) is 3.07. The van der Waals surface area contributed by atoms with E-state index in [0.29, 0.717) is 19.0 Å². The summed E-state index contributed by atoms with van der Waals surface area (Å²) in [6, 6.07) is -0.317. The van der Waals surface area contributed by atoms with E-state index in [1.807, 2.05) is 0 Å². The molecule has 0 aliphatic carbocycles. The molecule has 0 saturated heterocycles. The van der Waals surface area contributed by atoms with Crippen LogP contribution in [-0.4, -0.2) is 31.3 Å². The van der Waals surface area contributed by atoms with Gasteiger partial charge in [0.25, 0.3) is 0 Å². The third-order valence-electron chi connectivity index (χ3n) is 1.83. The highest BCUT2D eigenvalue weighted by atomic mass is 16.2. The van der Waals surface area contributed by atoms with Gasteiger partial charge in [-0.2, -0.15) is 4.99 Å². The first-order chi connectivity index (χ1) is 6.83. The van der Waals surface area contributed by atoms with Crippen LogP contribution in [0.25, 0.3) is 0 Å². The highest BCUT2D eigenvalue weighted by Crippen LogP contribution is 1.91. The van der Waals surface area contributed by atoms with Crippen molar-refractivity contribution in [3.63, 3.8) is 0 Å². The molecule has 2 N–H and O–H groups in total. The molecule has 0 aromatic carbocycles. The average Bonchev–Trinajstić information content (AvgIpc) is 2.65. The van der Waals surface area contributed by atoms with Crippen LogP contribution in [0.15, 0.2) is 9.98 Å². The Bertz CT molecular complexity index is 247. The van der Waals surface area contributed by atoms with Gasteiger partial charge in [-0.3, -0.25) is 0 Å². The second kappa shape index (κ2) is 6.12. The lowest BCUT2D eigenvalue weighted by molar-refractivity contribution is 0.249. The quantitative estimate of drug-likeness (QED) is 0.656. The molecule has 0 aromatic heterocycles. The summed E-state index contributed by atoms with van der Waals surface area (Å²) in [5.41, 5.74) is 0. The summed E-state index contributed by atoms with van der Waals surface area (Å²) in [5.74, 6) is 0.401. The summed E-state index contributed by atoms with van der Waals surface area (Å²) >= 11 is 0. The van der Waals surface area contributed by atoms with Crippen LogP contribution in [0.2, 0.25) is 0 Å². The lowest BCUT2D eigenvalue weighted by Crippen LogP contribution is -2.25. The fraction of sp³-hybridized carbons (Fsp3) is 0.667. The zero-order valence-corrected chi connectivity index (χ0v) is 8.42. The fourth-order valence-electron chi connectivity index (χ4n) is 1.09. The summed E-state index contributed by atoms with van der Waals surface area (Å²) < 4.78 is 0. The Labute approximate surface area is 83.7 Å². The Hall–Kier alpha value is -1.39. The number of rotatable bonds is 4. The van der Waals surface area contributed by atoms with Crippen molar-refractivity contribution < 1.29 is 4.79 Å². The molecule has 0 saturated carbocycles. The monoisotopic (exact) mass is 196 g/mol. The maximum atomic E-state index is 11.1. The van der Waals surface area contributed by atoms with E-state index in [1.54, 1.807) is 6.21 Å². The molecule has 0 radical (unpaired) electrons. The summed E-state index contributed by atoms with van der Waals surface area (Å²) in [5, 5.41) is 5.56. The van der Waals surface area contributed by atoms with Gasteiger partial charge >= 0.3 is 6.03 Å². The number of nitrogens with one attached hydrogen (secondary N) is 2. The van der Waals surface area contributed by atoms with Crippen molar-refractivity contribution in [3.8, 4) is 0 Å². The minimum Gasteiger partial charge on any atom is -0.349 e. The normalized spacial score (nSPS) is 17.1. The first-order valence-electron chi connectivity index (χ1n) is 4.96. The van der Waals surface area contributed by atoms with Crippen LogP contribution in [0.5, 0.6) is 0 Å². The molecule has 2 amide bonds. The van der Waals surface area contributed by atoms with Crippen LogP contribution in [0.1, 0.15) is 26.2 Å². The van der Waals surface area contributed by atoms with Crippen molar-refractivity contribution in [3.05, 3.63) is 0 Å². The van der Waals surface area contributed by atoms with Gasteiger partial charge in [0.1, 0.15) is 0 Å². The van der Waals surface area contributed by atoms with E-state index in [2.05, 4.69) is 27.5 Å². The van der Waals surface area contributed by atoms with Gasteiger partial charge in [0.05, 0.1) is 6.54 Å². The third kappa shape index (κ3) is 4.02. The number of guanidine groups is 1. The number of carbonyl (C=O) groups excluding carboxylic acids is 1. The summed E-state index contributed by atoms with van der Waals surface area (Å²) in [4.78, 5) is 18.8. The molecule has 1 heterocycles. The maximum absolute atomic E-state index is 11.1. The Morgan fingerprint density at radius 1 is 1.71 bits per heavy atom. The fourth-order valence-corrected chi connectivity index (χ4v) is 1.09. The van der Waals surface area contributed by atoms with Crippen LogP contribution in [0.3, 0.4) is 0 Å². The van der Waals surface area contributed by atoms with Gasteiger partial charge in [0.15, 0.2) is 0 Å². The molecule has 1 rings (SSSR count). The highest BCUT2D eigenvalue weighted by Gasteiger charge is 2.03. The Morgan fingerprint density at radius 2 is 2.57 bits per heavy atom. The van der Waals surface area contributed by atoms with Gasteiger partial charge in [-0.25, -0.2) is 9.79 Å². The van der Waals surface area contributed by atoms with E-state index in [1.165, 1.54) is 0 Å². The highest BCUT2D eigenvalue weighted by molar-refractivity contribution is 6.00.